The highest BCUT2D eigenvalue weighted by Crippen LogP contribution is 2.38. The summed E-state index contributed by atoms with van der Waals surface area (Å²) in [6, 6.07) is -0.597. The van der Waals surface area contributed by atoms with E-state index in [4.69, 9.17) is 15.0 Å². The topological polar surface area (TPSA) is 130 Å². The van der Waals surface area contributed by atoms with Crippen LogP contribution in [0.25, 0.3) is 10.4 Å². The molecule has 1 N–H and O–H groups in total. The number of rotatable bonds is 7. The van der Waals surface area contributed by atoms with Crippen molar-refractivity contribution >= 4 is 17.8 Å². The summed E-state index contributed by atoms with van der Waals surface area (Å²) in [6.07, 6.45) is 1.62. The number of esters is 2. The van der Waals surface area contributed by atoms with Crippen LogP contribution in [-0.2, 0) is 23.9 Å². The molecule has 0 bridgehead atoms. The summed E-state index contributed by atoms with van der Waals surface area (Å²) >= 11 is 0. The van der Waals surface area contributed by atoms with Crippen molar-refractivity contribution in [2.75, 3.05) is 13.2 Å². The van der Waals surface area contributed by atoms with Gasteiger partial charge in [-0.3, -0.25) is 4.79 Å². The second-order valence-electron chi connectivity index (χ2n) is 5.24. The molecular formula is C14H22N4O5. The number of nitrogens with one attached hydrogen (secondary N) is 1. The van der Waals surface area contributed by atoms with Gasteiger partial charge in [-0.25, -0.2) is 9.59 Å². The number of azide groups is 1. The molecule has 9 heteroatoms. The summed E-state index contributed by atoms with van der Waals surface area (Å²) in [7, 11) is 0. The zero-order chi connectivity index (χ0) is 17.5. The molecule has 9 nitrogen and oxygen atoms in total. The number of carbonyl (C=O) groups is 3. The largest absolute Gasteiger partial charge is 0.464 e. The van der Waals surface area contributed by atoms with E-state index in [1.807, 2.05) is 0 Å². The van der Waals surface area contributed by atoms with Gasteiger partial charge in [-0.05, 0) is 32.2 Å². The first-order chi connectivity index (χ1) is 10.9. The maximum atomic E-state index is 12.6. The summed E-state index contributed by atoms with van der Waals surface area (Å²) in [5.74, 6) is -3.06. The van der Waals surface area contributed by atoms with Crippen LogP contribution in [0.15, 0.2) is 5.11 Å². The Morgan fingerprint density at radius 3 is 2.22 bits per heavy atom. The highest BCUT2D eigenvalue weighted by atomic mass is 16.6. The van der Waals surface area contributed by atoms with E-state index in [1.165, 1.54) is 6.92 Å². The van der Waals surface area contributed by atoms with Crippen LogP contribution in [0.4, 0.5) is 0 Å². The Balaban J connectivity index is 3.40. The molecule has 1 aliphatic rings. The van der Waals surface area contributed by atoms with Crippen LogP contribution < -0.4 is 5.32 Å². The number of hydrogen-bond acceptors (Lipinski definition) is 6. The predicted octanol–water partition coefficient (Wildman–Crippen LogP) is 1.47. The van der Waals surface area contributed by atoms with Gasteiger partial charge in [0, 0.05) is 23.8 Å². The average Bonchev–Trinajstić information content (AvgIpc) is 2.94. The molecule has 1 fully saturated rings. The number of hydrogen-bond donors (Lipinski definition) is 1. The first-order valence-electron chi connectivity index (χ1n) is 7.61. The van der Waals surface area contributed by atoms with Gasteiger partial charge in [0.25, 0.3) is 0 Å². The van der Waals surface area contributed by atoms with Gasteiger partial charge < -0.3 is 14.8 Å². The van der Waals surface area contributed by atoms with Gasteiger partial charge in [-0.1, -0.05) is 11.5 Å². The Hall–Kier alpha value is -2.28. The summed E-state index contributed by atoms with van der Waals surface area (Å²) in [5, 5.41) is 6.10. The molecule has 128 valence electrons. The quantitative estimate of drug-likeness (QED) is 0.249. The average molecular weight is 326 g/mol. The molecule has 1 saturated carbocycles. The maximum Gasteiger partial charge on any atom is 0.344 e. The van der Waals surface area contributed by atoms with Crippen molar-refractivity contribution < 1.29 is 23.9 Å². The second kappa shape index (κ2) is 8.38. The molecule has 1 aliphatic carbocycles. The maximum absolute atomic E-state index is 12.6. The van der Waals surface area contributed by atoms with Gasteiger partial charge in [0.05, 0.1) is 13.2 Å². The standard InChI is InChI=1S/C14H22N4O5/c1-4-22-12(20)14(16-9(3)19,13(21)23-5-2)10-7-6-8-11(10)17-18-15/h10-11H,4-8H2,1-3H3,(H,16,19)/t10-,11-/m1/s1. The predicted molar refractivity (Wildman–Crippen MR) is 80.1 cm³/mol. The number of carbonyl (C=O) groups excluding carboxylic acids is 3. The van der Waals surface area contributed by atoms with Gasteiger partial charge in [0.2, 0.25) is 11.4 Å². The lowest BCUT2D eigenvalue weighted by Crippen LogP contribution is -2.66. The summed E-state index contributed by atoms with van der Waals surface area (Å²) in [6.45, 7) is 4.48. The molecule has 2 atom stereocenters. The van der Waals surface area contributed by atoms with Gasteiger partial charge in [0.1, 0.15) is 0 Å². The van der Waals surface area contributed by atoms with Gasteiger partial charge in [-0.15, -0.1) is 0 Å². The molecule has 0 radical (unpaired) electrons. The van der Waals surface area contributed by atoms with Crippen LogP contribution in [-0.4, -0.2) is 42.6 Å². The molecule has 0 spiro atoms. The van der Waals surface area contributed by atoms with E-state index >= 15 is 0 Å². The van der Waals surface area contributed by atoms with Crippen molar-refractivity contribution in [3.05, 3.63) is 10.4 Å². The SMILES string of the molecule is CCOC(=O)C(NC(C)=O)(C(=O)OCC)[C@@H]1CCC[C@H]1N=[N+]=[N-]. The van der Waals surface area contributed by atoms with E-state index in [1.54, 1.807) is 13.8 Å². The van der Waals surface area contributed by atoms with Crippen LogP contribution in [0.1, 0.15) is 40.0 Å². The van der Waals surface area contributed by atoms with Crippen molar-refractivity contribution in [1.82, 2.24) is 5.32 Å². The third kappa shape index (κ3) is 3.92. The third-order valence-corrected chi connectivity index (χ3v) is 3.80. The Morgan fingerprint density at radius 1 is 1.22 bits per heavy atom. The van der Waals surface area contributed by atoms with Crippen LogP contribution in [0.2, 0.25) is 0 Å². The van der Waals surface area contributed by atoms with Crippen molar-refractivity contribution in [3.63, 3.8) is 0 Å². The molecule has 0 aromatic rings. The molecule has 0 saturated heterocycles. The molecule has 0 aliphatic heterocycles. The summed E-state index contributed by atoms with van der Waals surface area (Å²) < 4.78 is 10.1. The molecule has 0 aromatic carbocycles. The fraction of sp³-hybridized carbons (Fsp3) is 0.786. The van der Waals surface area contributed by atoms with E-state index < -0.39 is 35.3 Å². The Kier molecular flexibility index (Phi) is 6.84. The van der Waals surface area contributed by atoms with E-state index in [2.05, 4.69) is 15.3 Å². The fourth-order valence-corrected chi connectivity index (χ4v) is 3.00. The molecule has 0 unspecified atom stereocenters. The minimum atomic E-state index is -1.99. The Morgan fingerprint density at radius 2 is 1.78 bits per heavy atom. The van der Waals surface area contributed by atoms with Crippen molar-refractivity contribution in [1.29, 1.82) is 0 Å². The zero-order valence-corrected chi connectivity index (χ0v) is 13.6. The zero-order valence-electron chi connectivity index (χ0n) is 13.6. The molecule has 1 amide bonds. The van der Waals surface area contributed by atoms with Crippen LogP contribution in [0, 0.1) is 5.92 Å². The number of amides is 1. The minimum Gasteiger partial charge on any atom is -0.464 e. The van der Waals surface area contributed by atoms with Crippen LogP contribution in [0.3, 0.4) is 0 Å². The van der Waals surface area contributed by atoms with E-state index in [0.29, 0.717) is 19.3 Å². The lowest BCUT2D eigenvalue weighted by molar-refractivity contribution is -0.172. The van der Waals surface area contributed by atoms with E-state index in [9.17, 15) is 14.4 Å². The van der Waals surface area contributed by atoms with Crippen molar-refractivity contribution in [2.24, 2.45) is 11.0 Å². The normalized spacial score (nSPS) is 20.3. The first kappa shape index (κ1) is 18.8. The van der Waals surface area contributed by atoms with E-state index in [0.717, 1.165) is 0 Å². The highest BCUT2D eigenvalue weighted by molar-refractivity contribution is 6.08. The van der Waals surface area contributed by atoms with Crippen LogP contribution in [0.5, 0.6) is 0 Å². The first-order valence-corrected chi connectivity index (χ1v) is 7.61. The second-order valence-corrected chi connectivity index (χ2v) is 5.24. The van der Waals surface area contributed by atoms with Crippen LogP contribution >= 0.6 is 0 Å². The number of ether oxygens (including phenoxy) is 2. The van der Waals surface area contributed by atoms with Gasteiger partial charge in [-0.2, -0.15) is 0 Å². The third-order valence-electron chi connectivity index (χ3n) is 3.80. The molecule has 1 rings (SSSR count). The molecule has 0 heterocycles. The smallest absolute Gasteiger partial charge is 0.344 e. The summed E-state index contributed by atoms with van der Waals surface area (Å²) in [5.41, 5.74) is 6.72. The van der Waals surface area contributed by atoms with Gasteiger partial charge in [0.15, 0.2) is 0 Å². The molecular weight excluding hydrogens is 304 g/mol. The molecule has 0 aromatic heterocycles. The van der Waals surface area contributed by atoms with Crippen molar-refractivity contribution in [2.45, 2.75) is 51.6 Å². The minimum absolute atomic E-state index is 0.0402. The van der Waals surface area contributed by atoms with Gasteiger partial charge >= 0.3 is 11.9 Å². The highest BCUT2D eigenvalue weighted by Gasteiger charge is 2.59. The fourth-order valence-electron chi connectivity index (χ4n) is 3.00. The monoisotopic (exact) mass is 326 g/mol. The lowest BCUT2D eigenvalue weighted by Gasteiger charge is -2.36. The van der Waals surface area contributed by atoms with E-state index in [-0.39, 0.29) is 13.2 Å². The van der Waals surface area contributed by atoms with Crippen molar-refractivity contribution in [3.8, 4) is 0 Å². The Bertz CT molecular complexity index is 497. The molecule has 23 heavy (non-hydrogen) atoms. The lowest BCUT2D eigenvalue weighted by atomic mass is 9.80. The Labute approximate surface area is 134 Å². The summed E-state index contributed by atoms with van der Waals surface area (Å²) in [4.78, 5) is 39.6. The number of nitrogens with zero attached hydrogens (tertiary/aromatic N) is 3.